The van der Waals surface area contributed by atoms with Gasteiger partial charge in [0.25, 0.3) is 0 Å². The van der Waals surface area contributed by atoms with Crippen molar-refractivity contribution in [3.05, 3.63) is 48.0 Å². The molecule has 1 aromatic heterocycles. The van der Waals surface area contributed by atoms with E-state index in [2.05, 4.69) is 10.3 Å². The van der Waals surface area contributed by atoms with Crippen molar-refractivity contribution < 1.29 is 9.90 Å². The van der Waals surface area contributed by atoms with Crippen LogP contribution < -0.4 is 21.1 Å². The first-order valence-electron chi connectivity index (χ1n) is 6.64. The minimum Gasteiger partial charge on any atom is -0.530 e. The van der Waals surface area contributed by atoms with Gasteiger partial charge in [0.05, 0.1) is 5.69 Å². The molecule has 6 nitrogen and oxygen atoms in total. The summed E-state index contributed by atoms with van der Waals surface area (Å²) in [5.41, 5.74) is 7.27. The number of aromatic nitrogens is 1. The quantitative estimate of drug-likeness (QED) is 0.867. The molecule has 1 amide bonds. The van der Waals surface area contributed by atoms with E-state index < -0.39 is 6.09 Å². The van der Waals surface area contributed by atoms with E-state index in [1.54, 1.807) is 19.1 Å². The van der Waals surface area contributed by atoms with Crippen LogP contribution in [0.3, 0.4) is 0 Å². The van der Waals surface area contributed by atoms with E-state index in [0.717, 1.165) is 10.5 Å². The van der Waals surface area contributed by atoms with Crippen LogP contribution in [0, 0.1) is 0 Å². The highest BCUT2D eigenvalue weighted by molar-refractivity contribution is 5.88. The highest BCUT2D eigenvalue weighted by Crippen LogP contribution is 2.23. The zero-order valence-corrected chi connectivity index (χ0v) is 11.7. The minimum absolute atomic E-state index is 0.152. The van der Waals surface area contributed by atoms with Crippen LogP contribution in [0.25, 0.3) is 0 Å². The fourth-order valence-electron chi connectivity index (χ4n) is 1.98. The number of nitrogens with one attached hydrogen (secondary N) is 1. The van der Waals surface area contributed by atoms with Gasteiger partial charge in [-0.3, -0.25) is 0 Å². The monoisotopic (exact) mass is 285 g/mol. The molecule has 2 rings (SSSR count). The third-order valence-electron chi connectivity index (χ3n) is 3.05. The molecule has 0 spiro atoms. The van der Waals surface area contributed by atoms with Gasteiger partial charge in [0.15, 0.2) is 0 Å². The Labute approximate surface area is 123 Å². The number of hydrogen-bond donors (Lipinski definition) is 2. The topological polar surface area (TPSA) is 94.3 Å². The molecule has 0 radical (unpaired) electrons. The summed E-state index contributed by atoms with van der Waals surface area (Å²) in [6.45, 7) is 2.58. The Balaban J connectivity index is 2.10. The second-order valence-electron chi connectivity index (χ2n) is 4.45. The lowest BCUT2D eigenvalue weighted by molar-refractivity contribution is -0.246. The normalized spacial score (nSPS) is 10.1. The van der Waals surface area contributed by atoms with Crippen molar-refractivity contribution in [2.24, 2.45) is 0 Å². The smallest absolute Gasteiger partial charge is 0.149 e. The lowest BCUT2D eigenvalue weighted by Crippen LogP contribution is -2.41. The number of benzene rings is 1. The molecular formula is C15H17N4O2-. The summed E-state index contributed by atoms with van der Waals surface area (Å²) in [6.07, 6.45) is -1.30. The number of carboxylic acid groups (broad SMARTS) is 1. The standard InChI is InChI=1S/C15H18N4O2/c1-2-19(15(20)21)12-8-9-13(18-14(12)16)17-10-11-6-4-3-5-7-11/h3-9H,2,10H2,1H3,(H,20,21)(H3,16,17,18)/p-1. The molecule has 1 heterocycles. The first-order chi connectivity index (χ1) is 10.1. The predicted octanol–water partition coefficient (Wildman–Crippen LogP) is 1.45. The van der Waals surface area contributed by atoms with Gasteiger partial charge in [-0.1, -0.05) is 30.3 Å². The Bertz CT molecular complexity index is 616. The Morgan fingerprint density at radius 1 is 1.29 bits per heavy atom. The molecule has 3 N–H and O–H groups in total. The zero-order chi connectivity index (χ0) is 15.2. The molecule has 1 aromatic carbocycles. The molecular weight excluding hydrogens is 268 g/mol. The number of amides is 1. The molecule has 0 aliphatic heterocycles. The van der Waals surface area contributed by atoms with E-state index in [9.17, 15) is 9.90 Å². The average Bonchev–Trinajstić information content (AvgIpc) is 2.48. The van der Waals surface area contributed by atoms with E-state index in [1.165, 1.54) is 0 Å². The van der Waals surface area contributed by atoms with Crippen molar-refractivity contribution >= 4 is 23.4 Å². The highest BCUT2D eigenvalue weighted by Gasteiger charge is 2.10. The summed E-state index contributed by atoms with van der Waals surface area (Å²) >= 11 is 0. The molecule has 0 fully saturated rings. The van der Waals surface area contributed by atoms with Crippen LogP contribution in [0.2, 0.25) is 0 Å². The summed E-state index contributed by atoms with van der Waals surface area (Å²) in [6, 6.07) is 13.2. The van der Waals surface area contributed by atoms with Gasteiger partial charge in [0.1, 0.15) is 17.7 Å². The van der Waals surface area contributed by atoms with Crippen LogP contribution in [-0.4, -0.2) is 17.6 Å². The van der Waals surface area contributed by atoms with Gasteiger partial charge < -0.3 is 25.9 Å². The number of carbonyl (C=O) groups excluding carboxylic acids is 1. The van der Waals surface area contributed by atoms with Gasteiger partial charge in [-0.2, -0.15) is 0 Å². The Morgan fingerprint density at radius 3 is 2.57 bits per heavy atom. The molecule has 0 aliphatic rings. The van der Waals surface area contributed by atoms with Gasteiger partial charge in [-0.15, -0.1) is 0 Å². The lowest BCUT2D eigenvalue weighted by Gasteiger charge is -2.24. The molecule has 0 atom stereocenters. The fourth-order valence-corrected chi connectivity index (χ4v) is 1.98. The van der Waals surface area contributed by atoms with Gasteiger partial charge in [-0.05, 0) is 24.6 Å². The Kier molecular flexibility index (Phi) is 4.61. The van der Waals surface area contributed by atoms with Crippen molar-refractivity contribution in [3.8, 4) is 0 Å². The maximum atomic E-state index is 11.0. The number of hydrogen-bond acceptors (Lipinski definition) is 5. The summed E-state index contributed by atoms with van der Waals surface area (Å²) < 4.78 is 0. The number of carbonyl (C=O) groups is 1. The van der Waals surface area contributed by atoms with Crippen LogP contribution in [0.4, 0.5) is 22.1 Å². The summed E-state index contributed by atoms with van der Waals surface area (Å²) in [4.78, 5) is 16.2. The zero-order valence-electron chi connectivity index (χ0n) is 11.7. The summed E-state index contributed by atoms with van der Waals surface area (Å²) in [5.74, 6) is 0.744. The number of nitrogen functional groups attached to an aromatic ring is 1. The van der Waals surface area contributed by atoms with E-state index >= 15 is 0 Å². The molecule has 0 saturated carbocycles. The molecule has 6 heteroatoms. The maximum absolute atomic E-state index is 11.0. The fraction of sp³-hybridized carbons (Fsp3) is 0.200. The van der Waals surface area contributed by atoms with Crippen molar-refractivity contribution in [3.63, 3.8) is 0 Å². The third kappa shape index (κ3) is 3.62. The molecule has 110 valence electrons. The van der Waals surface area contributed by atoms with Gasteiger partial charge in [0, 0.05) is 13.1 Å². The average molecular weight is 285 g/mol. The van der Waals surface area contributed by atoms with Crippen LogP contribution >= 0.6 is 0 Å². The maximum Gasteiger partial charge on any atom is 0.149 e. The van der Waals surface area contributed by atoms with Crippen molar-refractivity contribution in [1.29, 1.82) is 0 Å². The molecule has 0 bridgehead atoms. The van der Waals surface area contributed by atoms with Crippen LogP contribution in [0.1, 0.15) is 12.5 Å². The van der Waals surface area contributed by atoms with E-state index in [4.69, 9.17) is 5.73 Å². The van der Waals surface area contributed by atoms with Gasteiger partial charge in [0.2, 0.25) is 0 Å². The first kappa shape index (κ1) is 14.6. The Hall–Kier alpha value is -2.76. The molecule has 2 aromatic rings. The number of anilines is 3. The van der Waals surface area contributed by atoms with Crippen molar-refractivity contribution in [2.45, 2.75) is 13.5 Å². The van der Waals surface area contributed by atoms with Crippen LogP contribution in [0.5, 0.6) is 0 Å². The molecule has 21 heavy (non-hydrogen) atoms. The van der Waals surface area contributed by atoms with Crippen LogP contribution in [0.15, 0.2) is 42.5 Å². The Morgan fingerprint density at radius 2 is 2.00 bits per heavy atom. The predicted molar refractivity (Wildman–Crippen MR) is 80.8 cm³/mol. The lowest BCUT2D eigenvalue weighted by atomic mass is 10.2. The molecule has 0 saturated heterocycles. The number of nitrogens with two attached hydrogens (primary N) is 1. The van der Waals surface area contributed by atoms with E-state index in [1.807, 2.05) is 30.3 Å². The molecule has 0 unspecified atom stereocenters. The highest BCUT2D eigenvalue weighted by atomic mass is 16.4. The second-order valence-corrected chi connectivity index (χ2v) is 4.45. The van der Waals surface area contributed by atoms with Crippen molar-refractivity contribution in [2.75, 3.05) is 22.5 Å². The largest absolute Gasteiger partial charge is 0.530 e. The van der Waals surface area contributed by atoms with E-state index in [0.29, 0.717) is 18.1 Å². The summed E-state index contributed by atoms with van der Waals surface area (Å²) in [5, 5.41) is 14.1. The first-order valence-corrected chi connectivity index (χ1v) is 6.64. The van der Waals surface area contributed by atoms with Crippen LogP contribution in [-0.2, 0) is 6.54 Å². The van der Waals surface area contributed by atoms with Gasteiger partial charge >= 0.3 is 0 Å². The molecule has 0 aliphatic carbocycles. The van der Waals surface area contributed by atoms with E-state index in [-0.39, 0.29) is 12.4 Å². The second kappa shape index (κ2) is 6.60. The third-order valence-corrected chi connectivity index (χ3v) is 3.05. The minimum atomic E-state index is -1.30. The summed E-state index contributed by atoms with van der Waals surface area (Å²) in [7, 11) is 0. The number of rotatable bonds is 5. The number of nitrogens with zero attached hydrogens (tertiary/aromatic N) is 2. The van der Waals surface area contributed by atoms with Gasteiger partial charge in [-0.25, -0.2) is 4.98 Å². The van der Waals surface area contributed by atoms with Crippen molar-refractivity contribution in [1.82, 2.24) is 4.98 Å². The SMILES string of the molecule is CCN(C(=O)[O-])c1ccc(NCc2ccccc2)nc1N. The number of pyridine rings is 1.